The Morgan fingerprint density at radius 1 is 1.25 bits per heavy atom. The van der Waals surface area contributed by atoms with E-state index in [1.54, 1.807) is 0 Å². The first kappa shape index (κ1) is 13.0. The Morgan fingerprint density at radius 2 is 2.00 bits per heavy atom. The minimum Gasteiger partial charge on any atom is -0.493 e. The van der Waals surface area contributed by atoms with Gasteiger partial charge in [-0.3, -0.25) is 0 Å². The van der Waals surface area contributed by atoms with Crippen LogP contribution in [-0.2, 0) is 6.42 Å². The van der Waals surface area contributed by atoms with E-state index in [1.807, 2.05) is 0 Å². The number of hydrogen-bond donors (Lipinski definition) is 1. The van der Waals surface area contributed by atoms with Crippen LogP contribution in [0.1, 0.15) is 42.9 Å². The van der Waals surface area contributed by atoms with Crippen molar-refractivity contribution in [3.63, 3.8) is 0 Å². The zero-order chi connectivity index (χ0) is 13.7. The highest BCUT2D eigenvalue weighted by Crippen LogP contribution is 2.61. The van der Waals surface area contributed by atoms with E-state index in [2.05, 4.69) is 24.5 Å². The minimum absolute atomic E-state index is 0.411. The van der Waals surface area contributed by atoms with Gasteiger partial charge in [-0.05, 0) is 55.3 Å². The first-order valence-electron chi connectivity index (χ1n) is 7.92. The Labute approximate surface area is 125 Å². The maximum absolute atomic E-state index is 6.32. The highest BCUT2D eigenvalue weighted by molar-refractivity contribution is 6.30. The van der Waals surface area contributed by atoms with Crippen LogP contribution in [0.4, 0.5) is 0 Å². The van der Waals surface area contributed by atoms with Crippen molar-refractivity contribution in [3.05, 3.63) is 28.3 Å². The van der Waals surface area contributed by atoms with Gasteiger partial charge in [0.1, 0.15) is 5.75 Å². The third kappa shape index (κ3) is 1.96. The molecule has 0 amide bonds. The highest BCUT2D eigenvalue weighted by atomic mass is 35.5. The van der Waals surface area contributed by atoms with Crippen molar-refractivity contribution in [1.82, 2.24) is 5.32 Å². The van der Waals surface area contributed by atoms with Crippen molar-refractivity contribution in [2.45, 2.75) is 38.1 Å². The molecule has 0 bridgehead atoms. The summed E-state index contributed by atoms with van der Waals surface area (Å²) in [5.74, 6) is 3.75. The summed E-state index contributed by atoms with van der Waals surface area (Å²) in [6, 6.07) is 4.60. The Kier molecular flexibility index (Phi) is 3.19. The van der Waals surface area contributed by atoms with Crippen molar-refractivity contribution in [2.75, 3.05) is 13.7 Å². The maximum Gasteiger partial charge on any atom is 0.127 e. The quantitative estimate of drug-likeness (QED) is 0.910. The molecule has 3 unspecified atom stereocenters. The van der Waals surface area contributed by atoms with Crippen LogP contribution >= 0.6 is 11.6 Å². The van der Waals surface area contributed by atoms with Gasteiger partial charge in [-0.2, -0.15) is 0 Å². The second-order valence-electron chi connectivity index (χ2n) is 6.54. The molecule has 2 fully saturated rings. The highest BCUT2D eigenvalue weighted by Gasteiger charge is 2.54. The fourth-order valence-corrected chi connectivity index (χ4v) is 4.88. The number of fused-ring (bicyclic) bond motifs is 2. The van der Waals surface area contributed by atoms with Gasteiger partial charge >= 0.3 is 0 Å². The number of benzene rings is 1. The lowest BCUT2D eigenvalue weighted by atomic mass is 9.96. The Hall–Kier alpha value is -0.730. The summed E-state index contributed by atoms with van der Waals surface area (Å²) in [6.45, 7) is 0.802. The maximum atomic E-state index is 6.32. The predicted molar refractivity (Wildman–Crippen MR) is 81.4 cm³/mol. The van der Waals surface area contributed by atoms with Crippen LogP contribution in [0.25, 0.3) is 0 Å². The molecule has 1 heterocycles. The van der Waals surface area contributed by atoms with Crippen LogP contribution in [0.2, 0.25) is 5.02 Å². The Bertz CT molecular complexity index is 518. The molecule has 0 saturated heterocycles. The van der Waals surface area contributed by atoms with E-state index >= 15 is 0 Å². The van der Waals surface area contributed by atoms with E-state index in [1.165, 1.54) is 36.8 Å². The van der Waals surface area contributed by atoms with Gasteiger partial charge in [0, 0.05) is 23.0 Å². The SMILES string of the molecule is CNC(c1cc(Cl)cc2c1OCC2)C1C2CCCCC21. The average Bonchev–Trinajstić information content (AvgIpc) is 2.97. The predicted octanol–water partition coefficient (Wildman–Crippen LogP) is 3.97. The summed E-state index contributed by atoms with van der Waals surface area (Å²) in [7, 11) is 2.08. The van der Waals surface area contributed by atoms with Gasteiger partial charge in [0.05, 0.1) is 6.61 Å². The normalized spacial score (nSPS) is 32.2. The van der Waals surface area contributed by atoms with E-state index in [4.69, 9.17) is 16.3 Å². The largest absolute Gasteiger partial charge is 0.493 e. The van der Waals surface area contributed by atoms with Crippen molar-refractivity contribution < 1.29 is 4.74 Å². The van der Waals surface area contributed by atoms with Crippen LogP contribution < -0.4 is 10.1 Å². The molecule has 1 N–H and O–H groups in total. The fourth-order valence-electron chi connectivity index (χ4n) is 4.63. The Morgan fingerprint density at radius 3 is 2.70 bits per heavy atom. The summed E-state index contributed by atoms with van der Waals surface area (Å²) in [5.41, 5.74) is 2.59. The zero-order valence-electron chi connectivity index (χ0n) is 12.0. The zero-order valence-corrected chi connectivity index (χ0v) is 12.7. The molecule has 20 heavy (non-hydrogen) atoms. The summed E-state index contributed by atoms with van der Waals surface area (Å²) in [6.07, 6.45) is 6.65. The molecule has 2 saturated carbocycles. The lowest BCUT2D eigenvalue weighted by Gasteiger charge is -2.20. The van der Waals surface area contributed by atoms with Crippen LogP contribution in [0.3, 0.4) is 0 Å². The first-order chi connectivity index (χ1) is 9.79. The van der Waals surface area contributed by atoms with Gasteiger partial charge in [-0.15, -0.1) is 0 Å². The summed E-state index contributed by atoms with van der Waals surface area (Å²) >= 11 is 6.32. The van der Waals surface area contributed by atoms with Gasteiger partial charge in [0.15, 0.2) is 0 Å². The second-order valence-corrected chi connectivity index (χ2v) is 6.97. The molecule has 4 rings (SSSR count). The first-order valence-corrected chi connectivity index (χ1v) is 8.30. The molecule has 3 heteroatoms. The molecule has 1 aromatic carbocycles. The summed E-state index contributed by atoms with van der Waals surface area (Å²) < 4.78 is 5.90. The van der Waals surface area contributed by atoms with Crippen LogP contribution in [-0.4, -0.2) is 13.7 Å². The van der Waals surface area contributed by atoms with E-state index in [9.17, 15) is 0 Å². The molecule has 3 atom stereocenters. The van der Waals surface area contributed by atoms with E-state index < -0.39 is 0 Å². The fraction of sp³-hybridized carbons (Fsp3) is 0.647. The molecular weight excluding hydrogens is 270 g/mol. The number of halogens is 1. The van der Waals surface area contributed by atoms with Crippen molar-refractivity contribution >= 4 is 11.6 Å². The van der Waals surface area contributed by atoms with Gasteiger partial charge in [-0.25, -0.2) is 0 Å². The molecule has 0 spiro atoms. The van der Waals surface area contributed by atoms with Gasteiger partial charge in [-0.1, -0.05) is 24.4 Å². The van der Waals surface area contributed by atoms with Gasteiger partial charge < -0.3 is 10.1 Å². The topological polar surface area (TPSA) is 21.3 Å². The molecule has 2 aliphatic carbocycles. The molecule has 0 aromatic heterocycles. The van der Waals surface area contributed by atoms with Crippen LogP contribution in [0.15, 0.2) is 12.1 Å². The second kappa shape index (κ2) is 4.92. The third-order valence-corrected chi connectivity index (χ3v) is 5.75. The smallest absolute Gasteiger partial charge is 0.127 e. The number of rotatable bonds is 3. The van der Waals surface area contributed by atoms with E-state index in [0.29, 0.717) is 6.04 Å². The number of nitrogens with one attached hydrogen (secondary N) is 1. The van der Waals surface area contributed by atoms with Gasteiger partial charge in [0.2, 0.25) is 0 Å². The molecular formula is C17H22ClNO. The minimum atomic E-state index is 0.411. The molecule has 2 nitrogen and oxygen atoms in total. The van der Waals surface area contributed by atoms with Crippen LogP contribution in [0, 0.1) is 17.8 Å². The number of hydrogen-bond acceptors (Lipinski definition) is 2. The molecule has 108 valence electrons. The molecule has 0 radical (unpaired) electrons. The summed E-state index contributed by atoms with van der Waals surface area (Å²) in [5, 5.41) is 4.41. The monoisotopic (exact) mass is 291 g/mol. The van der Waals surface area contributed by atoms with E-state index in [-0.39, 0.29) is 0 Å². The van der Waals surface area contributed by atoms with Crippen molar-refractivity contribution in [1.29, 1.82) is 0 Å². The lowest BCUT2D eigenvalue weighted by molar-refractivity contribution is 0.345. The molecule has 1 aliphatic heterocycles. The van der Waals surface area contributed by atoms with Crippen molar-refractivity contribution in [2.24, 2.45) is 17.8 Å². The van der Waals surface area contributed by atoms with Crippen molar-refractivity contribution in [3.8, 4) is 5.75 Å². The number of ether oxygens (including phenoxy) is 1. The molecule has 3 aliphatic rings. The average molecular weight is 292 g/mol. The van der Waals surface area contributed by atoms with Crippen LogP contribution in [0.5, 0.6) is 5.75 Å². The van der Waals surface area contributed by atoms with Gasteiger partial charge in [0.25, 0.3) is 0 Å². The lowest BCUT2D eigenvalue weighted by Crippen LogP contribution is -2.20. The molecule has 1 aromatic rings. The summed E-state index contributed by atoms with van der Waals surface area (Å²) in [4.78, 5) is 0. The third-order valence-electron chi connectivity index (χ3n) is 5.53. The standard InChI is InChI=1S/C17H22ClNO/c1-19-16(15-12-4-2-3-5-13(12)15)14-9-11(18)8-10-6-7-20-17(10)14/h8-9,12-13,15-16,19H,2-7H2,1H3. The Balaban J connectivity index is 1.69. The van der Waals surface area contributed by atoms with E-state index in [0.717, 1.165) is 41.6 Å².